The van der Waals surface area contributed by atoms with Gasteiger partial charge in [-0.15, -0.1) is 0 Å². The molecule has 1 N–H and O–H groups in total. The molecule has 1 aliphatic heterocycles. The van der Waals surface area contributed by atoms with E-state index in [2.05, 4.69) is 15.9 Å². The average Bonchev–Trinajstić information content (AvgIpc) is 3.03. The Bertz CT molecular complexity index is 796. The summed E-state index contributed by atoms with van der Waals surface area (Å²) in [6.45, 7) is 0. The summed E-state index contributed by atoms with van der Waals surface area (Å²) < 4.78 is 11.8. The topological polar surface area (TPSA) is 55.8 Å². The van der Waals surface area contributed by atoms with E-state index in [1.54, 1.807) is 12.1 Å². The van der Waals surface area contributed by atoms with E-state index in [0.29, 0.717) is 12.2 Å². The van der Waals surface area contributed by atoms with Gasteiger partial charge in [-0.2, -0.15) is 0 Å². The molecule has 0 radical (unpaired) electrons. The summed E-state index contributed by atoms with van der Waals surface area (Å²) in [7, 11) is 0. The van der Waals surface area contributed by atoms with Gasteiger partial charge in [-0.3, -0.25) is 4.79 Å². The quantitative estimate of drug-likeness (QED) is 0.612. The molecular weight excluding hydrogens is 372 g/mol. The van der Waals surface area contributed by atoms with Crippen LogP contribution in [0.3, 0.4) is 0 Å². The van der Waals surface area contributed by atoms with Crippen LogP contribution >= 0.6 is 15.9 Å². The average molecular weight is 387 g/mol. The highest BCUT2D eigenvalue weighted by atomic mass is 79.9. The molecule has 0 spiro atoms. The normalized spacial score (nSPS) is 16.5. The van der Waals surface area contributed by atoms with E-state index in [9.17, 15) is 9.90 Å². The SMILES string of the molecule is O=C(C=CC1=COC(Cc2ccccc2)O1)c1cc(Br)ccc1O. The molecule has 0 saturated heterocycles. The van der Waals surface area contributed by atoms with Gasteiger partial charge >= 0.3 is 0 Å². The predicted octanol–water partition coefficient (Wildman–Crippen LogP) is 4.35. The first kappa shape index (κ1) is 16.3. The van der Waals surface area contributed by atoms with Crippen LogP contribution in [0.4, 0.5) is 0 Å². The standard InChI is InChI=1S/C19H15BrO4/c20-14-6-8-17(21)16(11-14)18(22)9-7-15-12-23-19(24-15)10-13-4-2-1-3-5-13/h1-9,11-12,19,21H,10H2. The number of phenols is 1. The smallest absolute Gasteiger partial charge is 0.244 e. The van der Waals surface area contributed by atoms with Gasteiger partial charge in [0.1, 0.15) is 12.0 Å². The van der Waals surface area contributed by atoms with Gasteiger partial charge in [-0.05, 0) is 35.9 Å². The van der Waals surface area contributed by atoms with Crippen LogP contribution in [-0.2, 0) is 15.9 Å². The van der Waals surface area contributed by atoms with Crippen LogP contribution in [0.2, 0.25) is 0 Å². The second-order valence-corrected chi connectivity index (χ2v) is 6.17. The minimum atomic E-state index is -0.401. The highest BCUT2D eigenvalue weighted by molar-refractivity contribution is 9.10. The number of benzene rings is 2. The molecule has 24 heavy (non-hydrogen) atoms. The number of aromatic hydroxyl groups is 1. The van der Waals surface area contributed by atoms with Gasteiger partial charge in [0.25, 0.3) is 0 Å². The van der Waals surface area contributed by atoms with E-state index in [1.165, 1.54) is 24.5 Å². The lowest BCUT2D eigenvalue weighted by atomic mass is 10.1. The van der Waals surface area contributed by atoms with Crippen molar-refractivity contribution < 1.29 is 19.4 Å². The molecule has 4 nitrogen and oxygen atoms in total. The molecule has 0 amide bonds. The lowest BCUT2D eigenvalue weighted by Gasteiger charge is -2.10. The maximum Gasteiger partial charge on any atom is 0.244 e. The lowest BCUT2D eigenvalue weighted by molar-refractivity contribution is -0.0269. The maximum atomic E-state index is 12.2. The number of ketones is 1. The zero-order chi connectivity index (χ0) is 16.9. The third kappa shape index (κ3) is 4.06. The number of hydrogen-bond donors (Lipinski definition) is 1. The van der Waals surface area contributed by atoms with Gasteiger partial charge in [0.05, 0.1) is 5.56 Å². The number of carbonyl (C=O) groups is 1. The summed E-state index contributed by atoms with van der Waals surface area (Å²) in [5, 5.41) is 9.76. The first-order chi connectivity index (χ1) is 11.6. The molecule has 2 aromatic carbocycles. The van der Waals surface area contributed by atoms with Gasteiger partial charge < -0.3 is 14.6 Å². The van der Waals surface area contributed by atoms with Crippen LogP contribution in [-0.4, -0.2) is 17.2 Å². The van der Waals surface area contributed by atoms with Crippen LogP contribution in [0.1, 0.15) is 15.9 Å². The van der Waals surface area contributed by atoms with Crippen molar-refractivity contribution in [3.63, 3.8) is 0 Å². The van der Waals surface area contributed by atoms with Gasteiger partial charge in [0, 0.05) is 10.9 Å². The van der Waals surface area contributed by atoms with E-state index in [-0.39, 0.29) is 17.1 Å². The van der Waals surface area contributed by atoms with Crippen molar-refractivity contribution in [2.24, 2.45) is 0 Å². The molecule has 0 saturated carbocycles. The van der Waals surface area contributed by atoms with Crippen molar-refractivity contribution in [3.05, 3.63) is 88.3 Å². The number of halogens is 1. The molecule has 0 aliphatic carbocycles. The fourth-order valence-electron chi connectivity index (χ4n) is 2.28. The van der Waals surface area contributed by atoms with Crippen molar-refractivity contribution in [1.29, 1.82) is 0 Å². The fraction of sp³-hybridized carbons (Fsp3) is 0.105. The monoisotopic (exact) mass is 386 g/mol. The van der Waals surface area contributed by atoms with E-state index < -0.39 is 6.29 Å². The minimum Gasteiger partial charge on any atom is -0.507 e. The Morgan fingerprint density at radius 3 is 2.79 bits per heavy atom. The van der Waals surface area contributed by atoms with Crippen molar-refractivity contribution in [3.8, 4) is 5.75 Å². The van der Waals surface area contributed by atoms with Crippen LogP contribution < -0.4 is 0 Å². The molecule has 1 unspecified atom stereocenters. The molecule has 1 aliphatic rings. The Hall–Kier alpha value is -2.53. The van der Waals surface area contributed by atoms with Crippen molar-refractivity contribution in [1.82, 2.24) is 0 Å². The van der Waals surface area contributed by atoms with Gasteiger partial charge in [0.15, 0.2) is 11.5 Å². The summed E-state index contributed by atoms with van der Waals surface area (Å²) in [6.07, 6.45) is 4.59. The lowest BCUT2D eigenvalue weighted by Crippen LogP contribution is -2.11. The molecule has 0 bridgehead atoms. The highest BCUT2D eigenvalue weighted by Crippen LogP contribution is 2.23. The van der Waals surface area contributed by atoms with E-state index in [4.69, 9.17) is 9.47 Å². The van der Waals surface area contributed by atoms with E-state index in [1.807, 2.05) is 30.3 Å². The van der Waals surface area contributed by atoms with Crippen molar-refractivity contribution >= 4 is 21.7 Å². The number of allylic oxidation sites excluding steroid dienone is 2. The van der Waals surface area contributed by atoms with Crippen LogP contribution in [0.25, 0.3) is 0 Å². The number of ether oxygens (including phenoxy) is 2. The molecular formula is C19H15BrO4. The molecule has 0 aromatic heterocycles. The number of phenolic OH excluding ortho intramolecular Hbond substituents is 1. The molecule has 3 rings (SSSR count). The number of hydrogen-bond acceptors (Lipinski definition) is 4. The van der Waals surface area contributed by atoms with Crippen molar-refractivity contribution in [2.45, 2.75) is 12.7 Å². The van der Waals surface area contributed by atoms with E-state index in [0.717, 1.165) is 10.0 Å². The fourth-order valence-corrected chi connectivity index (χ4v) is 2.64. The van der Waals surface area contributed by atoms with E-state index >= 15 is 0 Å². The third-order valence-electron chi connectivity index (χ3n) is 3.47. The Morgan fingerprint density at radius 1 is 1.21 bits per heavy atom. The number of rotatable bonds is 5. The van der Waals surface area contributed by atoms with Crippen LogP contribution in [0, 0.1) is 0 Å². The highest BCUT2D eigenvalue weighted by Gasteiger charge is 2.18. The molecule has 0 fully saturated rings. The van der Waals surface area contributed by atoms with Crippen LogP contribution in [0.5, 0.6) is 5.75 Å². The predicted molar refractivity (Wildman–Crippen MR) is 93.5 cm³/mol. The van der Waals surface area contributed by atoms with Gasteiger partial charge in [-0.25, -0.2) is 0 Å². The first-order valence-corrected chi connectivity index (χ1v) is 8.18. The van der Waals surface area contributed by atoms with Crippen LogP contribution in [0.15, 0.2) is 77.2 Å². The summed E-state index contributed by atoms with van der Waals surface area (Å²) in [5.41, 5.74) is 1.33. The molecule has 122 valence electrons. The van der Waals surface area contributed by atoms with Gasteiger partial charge in [0.2, 0.25) is 6.29 Å². The molecule has 1 atom stereocenters. The molecule has 2 aromatic rings. The van der Waals surface area contributed by atoms with Crippen molar-refractivity contribution in [2.75, 3.05) is 0 Å². The van der Waals surface area contributed by atoms with Gasteiger partial charge in [-0.1, -0.05) is 46.3 Å². The Kier molecular flexibility index (Phi) is 5.01. The Labute approximate surface area is 148 Å². The minimum absolute atomic E-state index is 0.0626. The second-order valence-electron chi connectivity index (χ2n) is 5.25. The third-order valence-corrected chi connectivity index (χ3v) is 3.96. The summed E-state index contributed by atoms with van der Waals surface area (Å²) in [4.78, 5) is 12.2. The Balaban J connectivity index is 1.59. The molecule has 5 heteroatoms. The zero-order valence-corrected chi connectivity index (χ0v) is 14.3. The largest absolute Gasteiger partial charge is 0.507 e. The number of carbonyl (C=O) groups excluding carboxylic acids is 1. The zero-order valence-electron chi connectivity index (χ0n) is 12.7. The molecule has 1 heterocycles. The summed E-state index contributed by atoms with van der Waals surface area (Å²) >= 11 is 3.28. The first-order valence-electron chi connectivity index (χ1n) is 7.39. The Morgan fingerprint density at radius 2 is 2.00 bits per heavy atom. The summed E-state index contributed by atoms with van der Waals surface area (Å²) in [6, 6.07) is 14.6. The summed E-state index contributed by atoms with van der Waals surface area (Å²) in [5.74, 6) is 0.0935. The second kappa shape index (κ2) is 7.36. The maximum absolute atomic E-state index is 12.2.